The van der Waals surface area contributed by atoms with Gasteiger partial charge >= 0.3 is 0 Å². The molecule has 4 rings (SSSR count). The number of nitrogens with one attached hydrogen (secondary N) is 1. The number of hydrogen-bond acceptors (Lipinski definition) is 5. The Labute approximate surface area is 198 Å². The minimum atomic E-state index is -0.434. The Morgan fingerprint density at radius 2 is 1.79 bits per heavy atom. The molecule has 1 aliphatic heterocycles. The van der Waals surface area contributed by atoms with Crippen molar-refractivity contribution in [2.45, 2.75) is 0 Å². The van der Waals surface area contributed by atoms with Crippen molar-refractivity contribution < 1.29 is 23.5 Å². The predicted octanol–water partition coefficient (Wildman–Crippen LogP) is 5.74. The van der Waals surface area contributed by atoms with E-state index in [4.69, 9.17) is 16.3 Å². The summed E-state index contributed by atoms with van der Waals surface area (Å²) in [5, 5.41) is 2.44. The Morgan fingerprint density at radius 3 is 2.48 bits per heavy atom. The zero-order chi connectivity index (χ0) is 23.4. The van der Waals surface area contributed by atoms with E-state index in [1.54, 1.807) is 54.6 Å². The van der Waals surface area contributed by atoms with E-state index in [1.807, 2.05) is 0 Å². The molecular formula is C24H16ClFN2O4S. The Hall–Kier alpha value is -3.62. The fourth-order valence-corrected chi connectivity index (χ4v) is 4.10. The van der Waals surface area contributed by atoms with Crippen molar-refractivity contribution in [3.8, 4) is 5.75 Å². The number of nitrogens with zero attached hydrogens (tertiary/aromatic N) is 1. The first-order valence-electron chi connectivity index (χ1n) is 9.71. The van der Waals surface area contributed by atoms with E-state index >= 15 is 0 Å². The van der Waals surface area contributed by atoms with Crippen LogP contribution in [0.15, 0.2) is 77.7 Å². The Balaban J connectivity index is 1.40. The van der Waals surface area contributed by atoms with Gasteiger partial charge in [-0.2, -0.15) is 0 Å². The molecule has 6 nitrogen and oxygen atoms in total. The van der Waals surface area contributed by atoms with Gasteiger partial charge < -0.3 is 10.1 Å². The van der Waals surface area contributed by atoms with Crippen LogP contribution in [-0.2, 0) is 9.59 Å². The highest BCUT2D eigenvalue weighted by Crippen LogP contribution is 2.36. The average Bonchev–Trinajstić information content (AvgIpc) is 3.08. The Bertz CT molecular complexity index is 1250. The van der Waals surface area contributed by atoms with Gasteiger partial charge in [-0.3, -0.25) is 14.4 Å². The van der Waals surface area contributed by atoms with Crippen molar-refractivity contribution in [2.75, 3.05) is 16.8 Å². The quantitative estimate of drug-likeness (QED) is 0.453. The van der Waals surface area contributed by atoms with Gasteiger partial charge in [0.25, 0.3) is 17.1 Å². The van der Waals surface area contributed by atoms with Crippen LogP contribution in [0.3, 0.4) is 0 Å². The SMILES string of the molecule is O=C(COc1ccc(/C=C2/SC(=O)N(c3ccccc3)C2=O)cc1Cl)Nc1ccc(F)cc1. The maximum atomic E-state index is 12.9. The largest absolute Gasteiger partial charge is 0.482 e. The number of amides is 3. The van der Waals surface area contributed by atoms with Crippen molar-refractivity contribution in [2.24, 2.45) is 0 Å². The normalized spacial score (nSPS) is 14.6. The van der Waals surface area contributed by atoms with Gasteiger partial charge in [-0.15, -0.1) is 0 Å². The molecular weight excluding hydrogens is 467 g/mol. The molecule has 9 heteroatoms. The second-order valence-electron chi connectivity index (χ2n) is 6.89. The summed E-state index contributed by atoms with van der Waals surface area (Å²) in [7, 11) is 0. The summed E-state index contributed by atoms with van der Waals surface area (Å²) in [6.45, 7) is -0.299. The van der Waals surface area contributed by atoms with Crippen LogP contribution < -0.4 is 15.0 Å². The maximum Gasteiger partial charge on any atom is 0.298 e. The van der Waals surface area contributed by atoms with Crippen LogP contribution in [0.4, 0.5) is 20.6 Å². The summed E-state index contributed by atoms with van der Waals surface area (Å²) in [5.74, 6) is -0.970. The molecule has 1 aliphatic rings. The first-order chi connectivity index (χ1) is 15.9. The summed E-state index contributed by atoms with van der Waals surface area (Å²) >= 11 is 7.11. The smallest absolute Gasteiger partial charge is 0.298 e. The zero-order valence-corrected chi connectivity index (χ0v) is 18.5. The van der Waals surface area contributed by atoms with Gasteiger partial charge in [-0.1, -0.05) is 35.9 Å². The van der Waals surface area contributed by atoms with E-state index in [2.05, 4.69) is 5.32 Å². The molecule has 0 bridgehead atoms. The monoisotopic (exact) mass is 482 g/mol. The first-order valence-corrected chi connectivity index (χ1v) is 10.9. The van der Waals surface area contributed by atoms with Crippen LogP contribution >= 0.6 is 23.4 Å². The highest BCUT2D eigenvalue weighted by Gasteiger charge is 2.36. The van der Waals surface area contributed by atoms with Gasteiger partial charge in [0.1, 0.15) is 11.6 Å². The van der Waals surface area contributed by atoms with Crippen LogP contribution in [0.25, 0.3) is 6.08 Å². The van der Waals surface area contributed by atoms with Crippen molar-refractivity contribution >= 4 is 57.9 Å². The third kappa shape index (κ3) is 5.42. The molecule has 3 aromatic rings. The predicted molar refractivity (Wildman–Crippen MR) is 127 cm³/mol. The third-order valence-corrected chi connectivity index (χ3v) is 5.71. The number of halogens is 2. The zero-order valence-electron chi connectivity index (χ0n) is 17.0. The number of imide groups is 1. The maximum absolute atomic E-state index is 12.9. The van der Waals surface area contributed by atoms with Crippen molar-refractivity contribution in [1.82, 2.24) is 0 Å². The molecule has 33 heavy (non-hydrogen) atoms. The Kier molecular flexibility index (Phi) is 6.76. The van der Waals surface area contributed by atoms with E-state index in [0.717, 1.165) is 16.7 Å². The van der Waals surface area contributed by atoms with E-state index in [9.17, 15) is 18.8 Å². The number of anilines is 2. The van der Waals surface area contributed by atoms with Crippen molar-refractivity contribution in [1.29, 1.82) is 0 Å². The lowest BCUT2D eigenvalue weighted by molar-refractivity contribution is -0.118. The molecule has 0 aliphatic carbocycles. The van der Waals surface area contributed by atoms with E-state index in [-0.39, 0.29) is 27.5 Å². The van der Waals surface area contributed by atoms with Gasteiger partial charge in [0, 0.05) is 5.69 Å². The number of ether oxygens (including phenoxy) is 1. The van der Waals surface area contributed by atoms with Crippen LogP contribution in [0.2, 0.25) is 5.02 Å². The lowest BCUT2D eigenvalue weighted by atomic mass is 10.2. The summed E-state index contributed by atoms with van der Waals surface area (Å²) in [5.41, 5.74) is 1.54. The van der Waals surface area contributed by atoms with Crippen molar-refractivity contribution in [3.05, 3.63) is 94.1 Å². The lowest BCUT2D eigenvalue weighted by Crippen LogP contribution is -2.27. The molecule has 1 N–H and O–H groups in total. The van der Waals surface area contributed by atoms with Crippen molar-refractivity contribution in [3.63, 3.8) is 0 Å². The third-order valence-electron chi connectivity index (χ3n) is 4.55. The topological polar surface area (TPSA) is 75.7 Å². The van der Waals surface area contributed by atoms with Crippen LogP contribution in [0, 0.1) is 5.82 Å². The fourth-order valence-electron chi connectivity index (χ4n) is 3.02. The molecule has 0 atom stereocenters. The van der Waals surface area contributed by atoms with E-state index in [1.165, 1.54) is 24.3 Å². The highest BCUT2D eigenvalue weighted by atomic mass is 35.5. The minimum absolute atomic E-state index is 0.237. The Morgan fingerprint density at radius 1 is 1.06 bits per heavy atom. The number of carbonyl (C=O) groups excluding carboxylic acids is 3. The number of carbonyl (C=O) groups is 3. The minimum Gasteiger partial charge on any atom is -0.482 e. The number of hydrogen-bond donors (Lipinski definition) is 1. The summed E-state index contributed by atoms with van der Waals surface area (Å²) in [6.07, 6.45) is 1.57. The molecule has 0 spiro atoms. The van der Waals surface area contributed by atoms with E-state index in [0.29, 0.717) is 16.9 Å². The lowest BCUT2D eigenvalue weighted by Gasteiger charge is -2.11. The second kappa shape index (κ2) is 9.89. The molecule has 166 valence electrons. The van der Waals surface area contributed by atoms with Gasteiger partial charge in [-0.25, -0.2) is 9.29 Å². The standard InChI is InChI=1S/C24H16ClFN2O4S/c25-19-12-15(13-21-23(30)28(24(31)33-21)18-4-2-1-3-5-18)6-11-20(19)32-14-22(29)27-17-9-7-16(26)8-10-17/h1-13H,14H2,(H,27,29)/b21-13+. The first kappa shape index (κ1) is 22.6. The molecule has 1 heterocycles. The molecule has 0 radical (unpaired) electrons. The van der Waals surface area contributed by atoms with Crippen LogP contribution in [0.1, 0.15) is 5.56 Å². The molecule has 3 aromatic carbocycles. The molecule has 0 unspecified atom stereocenters. The second-order valence-corrected chi connectivity index (χ2v) is 8.29. The van der Waals surface area contributed by atoms with E-state index < -0.39 is 17.6 Å². The number of para-hydroxylation sites is 1. The van der Waals surface area contributed by atoms with Gasteiger partial charge in [0.15, 0.2) is 6.61 Å². The molecule has 1 fully saturated rings. The molecule has 1 saturated heterocycles. The highest BCUT2D eigenvalue weighted by molar-refractivity contribution is 8.19. The van der Waals surface area contributed by atoms with Crippen LogP contribution in [-0.4, -0.2) is 23.7 Å². The molecule has 0 saturated carbocycles. The van der Waals surface area contributed by atoms with Crippen LogP contribution in [0.5, 0.6) is 5.75 Å². The van der Waals surface area contributed by atoms with Gasteiger partial charge in [0.2, 0.25) is 0 Å². The number of rotatable bonds is 6. The summed E-state index contributed by atoms with van der Waals surface area (Å²) in [4.78, 5) is 38.5. The van der Waals surface area contributed by atoms with Gasteiger partial charge in [0.05, 0.1) is 15.6 Å². The van der Waals surface area contributed by atoms with Gasteiger partial charge in [-0.05, 0) is 71.9 Å². The fraction of sp³-hybridized carbons (Fsp3) is 0.0417. The number of benzene rings is 3. The average molecular weight is 483 g/mol. The molecule has 3 amide bonds. The number of thioether (sulfide) groups is 1. The summed E-state index contributed by atoms with van der Waals surface area (Å²) in [6, 6.07) is 18.8. The summed E-state index contributed by atoms with van der Waals surface area (Å²) < 4.78 is 18.4. The molecule has 0 aromatic heterocycles.